The van der Waals surface area contributed by atoms with Crippen molar-refractivity contribution in [3.8, 4) is 0 Å². The van der Waals surface area contributed by atoms with E-state index in [0.717, 1.165) is 10.4 Å². The van der Waals surface area contributed by atoms with Crippen LogP contribution in [-0.2, 0) is 20.7 Å². The van der Waals surface area contributed by atoms with Gasteiger partial charge in [0, 0.05) is 11.3 Å². The number of halogens is 1. The quantitative estimate of drug-likeness (QED) is 0.790. The van der Waals surface area contributed by atoms with Gasteiger partial charge in [-0.3, -0.25) is 9.59 Å². The molecular formula is C17H18FNO3S. The smallest absolute Gasteiger partial charge is 0.307 e. The Bertz CT molecular complexity index is 640. The first-order valence-electron chi connectivity index (χ1n) is 7.22. The van der Waals surface area contributed by atoms with Gasteiger partial charge in [-0.15, -0.1) is 11.3 Å². The van der Waals surface area contributed by atoms with E-state index in [1.165, 1.54) is 30.6 Å². The van der Waals surface area contributed by atoms with Gasteiger partial charge in [-0.05, 0) is 35.6 Å². The van der Waals surface area contributed by atoms with Crippen LogP contribution in [0.3, 0.4) is 0 Å². The number of hydrogen-bond donors (Lipinski definition) is 1. The number of carbonyl (C=O) groups excluding carboxylic acids is 2. The molecule has 1 N–H and O–H groups in total. The summed E-state index contributed by atoms with van der Waals surface area (Å²) < 4.78 is 17.5. The second kappa shape index (κ2) is 8.43. The van der Waals surface area contributed by atoms with Crippen molar-refractivity contribution in [2.45, 2.75) is 25.3 Å². The average molecular weight is 335 g/mol. The minimum Gasteiger partial charge on any atom is -0.469 e. The molecule has 23 heavy (non-hydrogen) atoms. The van der Waals surface area contributed by atoms with Crippen LogP contribution in [0.4, 0.5) is 4.39 Å². The van der Waals surface area contributed by atoms with Crippen LogP contribution in [0, 0.1) is 5.82 Å². The topological polar surface area (TPSA) is 55.4 Å². The summed E-state index contributed by atoms with van der Waals surface area (Å²) in [5, 5.41) is 4.76. The van der Waals surface area contributed by atoms with Crippen LogP contribution in [0.25, 0.3) is 0 Å². The molecule has 0 spiro atoms. The van der Waals surface area contributed by atoms with Crippen molar-refractivity contribution in [1.82, 2.24) is 5.32 Å². The van der Waals surface area contributed by atoms with Crippen LogP contribution in [0.2, 0.25) is 0 Å². The standard InChI is InChI=1S/C17H18FNO3S/c1-22-17(21)11-14(15-3-2-10-23-15)19-16(20)9-6-12-4-7-13(18)8-5-12/h2-5,7-8,10,14H,6,9,11H2,1H3,(H,19,20)/t14-/m0/s1. The van der Waals surface area contributed by atoms with Gasteiger partial charge in [0.2, 0.25) is 5.91 Å². The van der Waals surface area contributed by atoms with Crippen LogP contribution in [0.5, 0.6) is 0 Å². The number of esters is 1. The number of methoxy groups -OCH3 is 1. The summed E-state index contributed by atoms with van der Waals surface area (Å²) in [6.45, 7) is 0. The predicted octanol–water partition coefficient (Wildman–Crippen LogP) is 3.24. The van der Waals surface area contributed by atoms with Crippen molar-refractivity contribution in [2.75, 3.05) is 7.11 Å². The largest absolute Gasteiger partial charge is 0.469 e. The molecule has 6 heteroatoms. The molecule has 0 bridgehead atoms. The van der Waals surface area contributed by atoms with Crippen LogP contribution >= 0.6 is 11.3 Å². The summed E-state index contributed by atoms with van der Waals surface area (Å²) in [6.07, 6.45) is 0.884. The molecule has 0 aliphatic carbocycles. The van der Waals surface area contributed by atoms with Crippen LogP contribution in [0.1, 0.15) is 29.3 Å². The maximum Gasteiger partial charge on any atom is 0.307 e. The molecule has 1 atom stereocenters. The Morgan fingerprint density at radius 1 is 1.26 bits per heavy atom. The number of thiophene rings is 1. The third-order valence-electron chi connectivity index (χ3n) is 3.37. The number of aryl methyl sites for hydroxylation is 1. The monoisotopic (exact) mass is 335 g/mol. The minimum atomic E-state index is -0.386. The van der Waals surface area contributed by atoms with Gasteiger partial charge in [0.05, 0.1) is 19.6 Å². The van der Waals surface area contributed by atoms with Crippen molar-refractivity contribution in [2.24, 2.45) is 0 Å². The lowest BCUT2D eigenvalue weighted by atomic mass is 10.1. The fourth-order valence-corrected chi connectivity index (χ4v) is 2.92. The van der Waals surface area contributed by atoms with Crippen molar-refractivity contribution < 1.29 is 18.7 Å². The number of ether oxygens (including phenoxy) is 1. The number of hydrogen-bond acceptors (Lipinski definition) is 4. The fourth-order valence-electron chi connectivity index (χ4n) is 2.14. The molecule has 2 aromatic rings. The zero-order valence-electron chi connectivity index (χ0n) is 12.8. The predicted molar refractivity (Wildman–Crippen MR) is 86.6 cm³/mol. The molecule has 2 rings (SSSR count). The molecule has 0 saturated carbocycles. The van der Waals surface area contributed by atoms with Gasteiger partial charge < -0.3 is 10.1 Å². The first-order valence-corrected chi connectivity index (χ1v) is 8.10. The summed E-state index contributed by atoms with van der Waals surface area (Å²) in [4.78, 5) is 24.5. The highest BCUT2D eigenvalue weighted by atomic mass is 32.1. The second-order valence-corrected chi connectivity index (χ2v) is 6.02. The highest BCUT2D eigenvalue weighted by Crippen LogP contribution is 2.22. The highest BCUT2D eigenvalue weighted by Gasteiger charge is 2.19. The Hall–Kier alpha value is -2.21. The lowest BCUT2D eigenvalue weighted by Crippen LogP contribution is -2.30. The Labute approximate surface area is 138 Å². The molecular weight excluding hydrogens is 317 g/mol. The Morgan fingerprint density at radius 3 is 2.61 bits per heavy atom. The first-order chi connectivity index (χ1) is 11.1. The third kappa shape index (κ3) is 5.49. The van der Waals surface area contributed by atoms with E-state index in [9.17, 15) is 14.0 Å². The van der Waals surface area contributed by atoms with Crippen molar-refractivity contribution in [3.05, 3.63) is 58.0 Å². The molecule has 0 unspecified atom stereocenters. The van der Waals surface area contributed by atoms with E-state index in [1.807, 2.05) is 17.5 Å². The molecule has 1 aromatic carbocycles. The first kappa shape index (κ1) is 17.1. The van der Waals surface area contributed by atoms with E-state index in [4.69, 9.17) is 0 Å². The SMILES string of the molecule is COC(=O)C[C@H](NC(=O)CCc1ccc(F)cc1)c1cccs1. The lowest BCUT2D eigenvalue weighted by molar-refractivity contribution is -0.141. The number of benzene rings is 1. The fraction of sp³-hybridized carbons (Fsp3) is 0.294. The third-order valence-corrected chi connectivity index (χ3v) is 4.36. The Morgan fingerprint density at radius 2 is 2.00 bits per heavy atom. The van der Waals surface area contributed by atoms with Gasteiger partial charge >= 0.3 is 5.97 Å². The van der Waals surface area contributed by atoms with E-state index in [1.54, 1.807) is 12.1 Å². The van der Waals surface area contributed by atoms with Gasteiger partial charge in [-0.1, -0.05) is 18.2 Å². The van der Waals surface area contributed by atoms with Crippen molar-refractivity contribution >= 4 is 23.2 Å². The van der Waals surface area contributed by atoms with Crippen molar-refractivity contribution in [3.63, 3.8) is 0 Å². The maximum atomic E-state index is 12.8. The zero-order valence-corrected chi connectivity index (χ0v) is 13.6. The van der Waals surface area contributed by atoms with Crippen LogP contribution < -0.4 is 5.32 Å². The van der Waals surface area contributed by atoms with E-state index in [0.29, 0.717) is 6.42 Å². The molecule has 0 radical (unpaired) electrons. The average Bonchev–Trinajstić information content (AvgIpc) is 3.08. The summed E-state index contributed by atoms with van der Waals surface area (Å²) in [5.74, 6) is -0.826. The van der Waals surface area contributed by atoms with E-state index < -0.39 is 0 Å². The van der Waals surface area contributed by atoms with Crippen LogP contribution in [-0.4, -0.2) is 19.0 Å². The van der Waals surface area contributed by atoms with Crippen molar-refractivity contribution in [1.29, 1.82) is 0 Å². The number of rotatable bonds is 7. The summed E-state index contributed by atoms with van der Waals surface area (Å²) in [5.41, 5.74) is 0.891. The van der Waals surface area contributed by atoms with Gasteiger partial charge in [0.1, 0.15) is 5.82 Å². The van der Waals surface area contributed by atoms with E-state index in [2.05, 4.69) is 10.1 Å². The minimum absolute atomic E-state index is 0.0965. The normalized spacial score (nSPS) is 11.7. The lowest BCUT2D eigenvalue weighted by Gasteiger charge is -2.16. The molecule has 0 saturated heterocycles. The number of amides is 1. The highest BCUT2D eigenvalue weighted by molar-refractivity contribution is 7.10. The Balaban J connectivity index is 1.91. The molecule has 4 nitrogen and oxygen atoms in total. The summed E-state index contributed by atoms with van der Waals surface area (Å²) in [7, 11) is 1.32. The Kier molecular flexibility index (Phi) is 6.29. The van der Waals surface area contributed by atoms with E-state index in [-0.39, 0.29) is 36.6 Å². The molecule has 122 valence electrons. The molecule has 1 heterocycles. The van der Waals surface area contributed by atoms with Gasteiger partial charge in [-0.2, -0.15) is 0 Å². The second-order valence-electron chi connectivity index (χ2n) is 5.04. The molecule has 0 fully saturated rings. The van der Waals surface area contributed by atoms with Gasteiger partial charge in [-0.25, -0.2) is 4.39 Å². The summed E-state index contributed by atoms with van der Waals surface area (Å²) >= 11 is 1.48. The molecule has 0 aliphatic rings. The van der Waals surface area contributed by atoms with Gasteiger partial charge in [0.25, 0.3) is 0 Å². The molecule has 0 aliphatic heterocycles. The molecule has 1 amide bonds. The summed E-state index contributed by atoms with van der Waals surface area (Å²) in [6, 6.07) is 9.43. The van der Waals surface area contributed by atoms with Gasteiger partial charge in [0.15, 0.2) is 0 Å². The number of carbonyl (C=O) groups is 2. The molecule has 1 aromatic heterocycles. The maximum absolute atomic E-state index is 12.8. The number of nitrogens with one attached hydrogen (secondary N) is 1. The zero-order chi connectivity index (χ0) is 16.7. The van der Waals surface area contributed by atoms with E-state index >= 15 is 0 Å². The van der Waals surface area contributed by atoms with Crippen LogP contribution in [0.15, 0.2) is 41.8 Å².